The fraction of sp³-hybridized carbons (Fsp3) is 0.429. The highest BCUT2D eigenvalue weighted by Gasteiger charge is 2.35. The van der Waals surface area contributed by atoms with E-state index < -0.39 is 12.2 Å². The minimum absolute atomic E-state index is 0.161. The predicted molar refractivity (Wildman–Crippen MR) is 105 cm³/mol. The van der Waals surface area contributed by atoms with Gasteiger partial charge in [0.15, 0.2) is 0 Å². The molecule has 3 rings (SSSR count). The molecular formula is C21H26F3N3O. The first-order chi connectivity index (χ1) is 13.3. The molecule has 7 heteroatoms. The zero-order chi connectivity index (χ0) is 20.1. The van der Waals surface area contributed by atoms with Crippen LogP contribution < -0.4 is 16.0 Å². The van der Waals surface area contributed by atoms with Gasteiger partial charge < -0.3 is 21.1 Å². The van der Waals surface area contributed by atoms with Gasteiger partial charge in [-0.25, -0.2) is 0 Å². The number of aromatic hydroxyl groups is 1. The second kappa shape index (κ2) is 8.84. The molecule has 4 nitrogen and oxygen atoms in total. The van der Waals surface area contributed by atoms with Crippen molar-refractivity contribution in [3.8, 4) is 5.75 Å². The molecule has 28 heavy (non-hydrogen) atoms. The average Bonchev–Trinajstić information content (AvgIpc) is 2.91. The Bertz CT molecular complexity index is 791. The lowest BCUT2D eigenvalue weighted by atomic mass is 10.00. The van der Waals surface area contributed by atoms with Crippen LogP contribution in [0.1, 0.15) is 29.2 Å². The summed E-state index contributed by atoms with van der Waals surface area (Å²) >= 11 is 0. The maximum Gasteiger partial charge on any atom is 0.403 e. The number of hydrogen-bond acceptors (Lipinski definition) is 4. The van der Waals surface area contributed by atoms with Crippen molar-refractivity contribution in [1.82, 2.24) is 10.6 Å². The van der Waals surface area contributed by atoms with Crippen LogP contribution >= 0.6 is 0 Å². The molecule has 0 amide bonds. The standard InChI is InChI=1S/C21H26F3N3O/c1-14(21(22,23)24)26-12-15-2-4-16(5-3-15)13-27-20-18-9-11-25-10-8-17(18)6-7-19(20)28/h2-7,14,25-28H,8-13H2,1H3/t14-/m1/s1. The number of nitrogens with one attached hydrogen (secondary N) is 3. The van der Waals surface area contributed by atoms with Crippen LogP contribution in [-0.2, 0) is 25.9 Å². The summed E-state index contributed by atoms with van der Waals surface area (Å²) in [7, 11) is 0. The van der Waals surface area contributed by atoms with E-state index in [-0.39, 0.29) is 12.3 Å². The summed E-state index contributed by atoms with van der Waals surface area (Å²) in [6, 6.07) is 9.59. The summed E-state index contributed by atoms with van der Waals surface area (Å²) in [6.45, 7) is 3.62. The Hall–Kier alpha value is -2.25. The number of phenolic OH excluding ortho intramolecular Hbond substituents is 1. The zero-order valence-corrected chi connectivity index (χ0v) is 15.9. The summed E-state index contributed by atoms with van der Waals surface area (Å²) < 4.78 is 37.7. The molecule has 1 heterocycles. The van der Waals surface area contributed by atoms with Crippen molar-refractivity contribution in [2.75, 3.05) is 18.4 Å². The van der Waals surface area contributed by atoms with Crippen LogP contribution in [0, 0.1) is 0 Å². The van der Waals surface area contributed by atoms with Gasteiger partial charge in [0.25, 0.3) is 0 Å². The van der Waals surface area contributed by atoms with Crippen LogP contribution in [0.2, 0.25) is 0 Å². The number of alkyl halides is 3. The maximum absolute atomic E-state index is 12.6. The van der Waals surface area contributed by atoms with E-state index in [0.29, 0.717) is 6.54 Å². The summed E-state index contributed by atoms with van der Waals surface area (Å²) in [5, 5.41) is 19.5. The summed E-state index contributed by atoms with van der Waals surface area (Å²) in [5.41, 5.74) is 4.95. The van der Waals surface area contributed by atoms with Gasteiger partial charge in [-0.05, 0) is 61.2 Å². The molecular weight excluding hydrogens is 367 g/mol. The van der Waals surface area contributed by atoms with Gasteiger partial charge >= 0.3 is 6.18 Å². The fourth-order valence-electron chi connectivity index (χ4n) is 3.31. The molecule has 2 aromatic carbocycles. The number of fused-ring (bicyclic) bond motifs is 1. The van der Waals surface area contributed by atoms with E-state index in [1.807, 2.05) is 30.3 Å². The second-order valence-corrected chi connectivity index (χ2v) is 7.16. The van der Waals surface area contributed by atoms with Crippen LogP contribution in [-0.4, -0.2) is 30.4 Å². The Balaban J connectivity index is 1.61. The zero-order valence-electron chi connectivity index (χ0n) is 15.9. The number of halogens is 3. The molecule has 0 bridgehead atoms. The third kappa shape index (κ3) is 5.17. The van der Waals surface area contributed by atoms with Crippen molar-refractivity contribution in [3.05, 3.63) is 58.7 Å². The van der Waals surface area contributed by atoms with Crippen molar-refractivity contribution in [2.45, 2.75) is 45.1 Å². The summed E-state index contributed by atoms with van der Waals surface area (Å²) in [6.07, 6.45) is -2.45. The summed E-state index contributed by atoms with van der Waals surface area (Å²) in [5.74, 6) is 0.239. The van der Waals surface area contributed by atoms with E-state index in [9.17, 15) is 18.3 Å². The highest BCUT2D eigenvalue weighted by molar-refractivity contribution is 5.64. The third-order valence-corrected chi connectivity index (χ3v) is 5.11. The molecule has 0 unspecified atom stereocenters. The van der Waals surface area contributed by atoms with Crippen LogP contribution in [0.5, 0.6) is 5.75 Å². The highest BCUT2D eigenvalue weighted by Crippen LogP contribution is 2.32. The molecule has 2 aromatic rings. The fourth-order valence-corrected chi connectivity index (χ4v) is 3.31. The first-order valence-electron chi connectivity index (χ1n) is 9.51. The van der Waals surface area contributed by atoms with Gasteiger partial charge in [0, 0.05) is 13.1 Å². The lowest BCUT2D eigenvalue weighted by Gasteiger charge is -2.17. The molecule has 1 aliphatic rings. The van der Waals surface area contributed by atoms with E-state index >= 15 is 0 Å². The highest BCUT2D eigenvalue weighted by atomic mass is 19.4. The van der Waals surface area contributed by atoms with E-state index in [1.54, 1.807) is 6.07 Å². The predicted octanol–water partition coefficient (Wildman–Crippen LogP) is 3.73. The smallest absolute Gasteiger partial charge is 0.403 e. The van der Waals surface area contributed by atoms with Gasteiger partial charge in [-0.3, -0.25) is 0 Å². The van der Waals surface area contributed by atoms with Gasteiger partial charge in [0.1, 0.15) is 11.8 Å². The quantitative estimate of drug-likeness (QED) is 0.565. The number of anilines is 1. The molecule has 0 saturated carbocycles. The number of hydrogen-bond donors (Lipinski definition) is 4. The van der Waals surface area contributed by atoms with E-state index in [0.717, 1.165) is 55.2 Å². The normalized spacial score (nSPS) is 15.6. The van der Waals surface area contributed by atoms with Crippen LogP contribution in [0.3, 0.4) is 0 Å². The summed E-state index contributed by atoms with van der Waals surface area (Å²) in [4.78, 5) is 0. The molecule has 4 N–H and O–H groups in total. The minimum Gasteiger partial charge on any atom is -0.506 e. The van der Waals surface area contributed by atoms with E-state index in [2.05, 4.69) is 16.0 Å². The van der Waals surface area contributed by atoms with Gasteiger partial charge in [-0.2, -0.15) is 13.2 Å². The van der Waals surface area contributed by atoms with Crippen molar-refractivity contribution in [2.24, 2.45) is 0 Å². The Morgan fingerprint density at radius 1 is 1.00 bits per heavy atom. The molecule has 0 spiro atoms. The maximum atomic E-state index is 12.6. The average molecular weight is 393 g/mol. The monoisotopic (exact) mass is 393 g/mol. The largest absolute Gasteiger partial charge is 0.506 e. The SMILES string of the molecule is C[C@@H](NCc1ccc(CNc2c(O)ccc3c2CCNCC3)cc1)C(F)(F)F. The van der Waals surface area contributed by atoms with E-state index in [4.69, 9.17) is 0 Å². The van der Waals surface area contributed by atoms with E-state index in [1.165, 1.54) is 5.56 Å². The Morgan fingerprint density at radius 3 is 2.32 bits per heavy atom. The molecule has 152 valence electrons. The molecule has 0 aliphatic carbocycles. The lowest BCUT2D eigenvalue weighted by molar-refractivity contribution is -0.151. The molecule has 0 radical (unpaired) electrons. The molecule has 0 fully saturated rings. The molecule has 0 aromatic heterocycles. The Morgan fingerprint density at radius 2 is 1.64 bits per heavy atom. The van der Waals surface area contributed by atoms with Gasteiger partial charge in [0.05, 0.1) is 5.69 Å². The number of rotatable bonds is 6. The van der Waals surface area contributed by atoms with Gasteiger partial charge in [0.2, 0.25) is 0 Å². The van der Waals surface area contributed by atoms with Gasteiger partial charge in [-0.1, -0.05) is 30.3 Å². The van der Waals surface area contributed by atoms with Crippen LogP contribution in [0.25, 0.3) is 0 Å². The lowest BCUT2D eigenvalue weighted by Crippen LogP contribution is -2.39. The van der Waals surface area contributed by atoms with Gasteiger partial charge in [-0.15, -0.1) is 0 Å². The number of benzene rings is 2. The third-order valence-electron chi connectivity index (χ3n) is 5.11. The minimum atomic E-state index is -4.24. The van der Waals surface area contributed by atoms with Crippen molar-refractivity contribution < 1.29 is 18.3 Å². The van der Waals surface area contributed by atoms with Crippen molar-refractivity contribution in [1.29, 1.82) is 0 Å². The van der Waals surface area contributed by atoms with Crippen LogP contribution in [0.4, 0.5) is 18.9 Å². The second-order valence-electron chi connectivity index (χ2n) is 7.16. The van der Waals surface area contributed by atoms with Crippen molar-refractivity contribution in [3.63, 3.8) is 0 Å². The van der Waals surface area contributed by atoms with Crippen LogP contribution in [0.15, 0.2) is 36.4 Å². The molecule has 0 saturated heterocycles. The molecule has 1 aliphatic heterocycles. The Kier molecular flexibility index (Phi) is 6.46. The topological polar surface area (TPSA) is 56.3 Å². The Labute approximate surface area is 163 Å². The first kappa shape index (κ1) is 20.5. The first-order valence-corrected chi connectivity index (χ1v) is 9.51. The molecule has 1 atom stereocenters. The number of phenols is 1. The van der Waals surface area contributed by atoms with Crippen molar-refractivity contribution >= 4 is 5.69 Å².